The predicted molar refractivity (Wildman–Crippen MR) is 153 cm³/mol. The molecule has 0 unspecified atom stereocenters. The topological polar surface area (TPSA) is 101 Å². The number of aromatic hydroxyl groups is 1. The Kier molecular flexibility index (Phi) is 7.06. The van der Waals surface area contributed by atoms with Crippen molar-refractivity contribution in [3.8, 4) is 28.5 Å². The van der Waals surface area contributed by atoms with Gasteiger partial charge in [0.05, 0.1) is 5.56 Å². The van der Waals surface area contributed by atoms with Gasteiger partial charge in [-0.1, -0.05) is 50.2 Å². The van der Waals surface area contributed by atoms with E-state index < -0.39 is 5.91 Å². The van der Waals surface area contributed by atoms with Crippen molar-refractivity contribution in [1.29, 1.82) is 0 Å². The van der Waals surface area contributed by atoms with E-state index in [9.17, 15) is 9.90 Å². The zero-order valence-electron chi connectivity index (χ0n) is 20.8. The highest BCUT2D eigenvalue weighted by molar-refractivity contribution is 7.80. The first-order valence-electron chi connectivity index (χ1n) is 12.0. The van der Waals surface area contributed by atoms with Gasteiger partial charge in [-0.05, 0) is 72.2 Å². The van der Waals surface area contributed by atoms with Gasteiger partial charge >= 0.3 is 0 Å². The number of hydrogen-bond acceptors (Lipinski definition) is 6. The lowest BCUT2D eigenvalue weighted by Gasteiger charge is -2.09. The number of carbonyl (C=O) groups is 1. The molecule has 5 rings (SSSR count). The third-order valence-corrected chi connectivity index (χ3v) is 6.09. The fourth-order valence-corrected chi connectivity index (χ4v) is 4.10. The minimum Gasteiger partial charge on any atom is -0.507 e. The lowest BCUT2D eigenvalue weighted by Crippen LogP contribution is -2.32. The van der Waals surface area contributed by atoms with Gasteiger partial charge in [-0.25, -0.2) is 4.98 Å². The number of anilines is 1. The van der Waals surface area contributed by atoms with Crippen LogP contribution < -0.4 is 10.6 Å². The van der Waals surface area contributed by atoms with Gasteiger partial charge in [0.25, 0.3) is 0 Å². The van der Waals surface area contributed by atoms with E-state index in [0.717, 1.165) is 11.1 Å². The van der Waals surface area contributed by atoms with Crippen LogP contribution in [0.25, 0.3) is 40.0 Å². The number of fused-ring (bicyclic) bond motifs is 1. The molecular weight excluding hydrogens is 498 g/mol. The zero-order valence-corrected chi connectivity index (χ0v) is 21.6. The Morgan fingerprint density at radius 3 is 2.61 bits per heavy atom. The van der Waals surface area contributed by atoms with Crippen molar-refractivity contribution >= 4 is 46.1 Å². The Balaban J connectivity index is 1.24. The van der Waals surface area contributed by atoms with Gasteiger partial charge in [-0.15, -0.1) is 0 Å². The molecule has 0 radical (unpaired) electrons. The lowest BCUT2D eigenvalue weighted by atomic mass is 10.0. The second-order valence-electron chi connectivity index (χ2n) is 8.98. The number of nitrogens with one attached hydrogen (secondary N) is 2. The van der Waals surface area contributed by atoms with Crippen LogP contribution in [0.15, 0.2) is 93.8 Å². The number of furan rings is 1. The molecule has 2 heterocycles. The summed E-state index contributed by atoms with van der Waals surface area (Å²) in [4.78, 5) is 16.9. The monoisotopic (exact) mass is 523 g/mol. The first kappa shape index (κ1) is 25.0. The third-order valence-electron chi connectivity index (χ3n) is 5.88. The van der Waals surface area contributed by atoms with E-state index in [4.69, 9.17) is 21.1 Å². The van der Waals surface area contributed by atoms with E-state index in [2.05, 4.69) is 29.5 Å². The molecule has 3 aromatic carbocycles. The highest BCUT2D eigenvalue weighted by Gasteiger charge is 2.15. The van der Waals surface area contributed by atoms with Crippen LogP contribution in [0.5, 0.6) is 5.75 Å². The molecule has 3 N–H and O–H groups in total. The van der Waals surface area contributed by atoms with Gasteiger partial charge < -0.3 is 19.3 Å². The average Bonchev–Trinajstić information content (AvgIpc) is 3.56. The summed E-state index contributed by atoms with van der Waals surface area (Å²) >= 11 is 5.29. The standard InChI is InChI=1S/C30H25N3O4S/c1-18(2)20-8-13-27-24(16-20)32-29(37-27)23-17-21(9-12-25(23)34)31-30(38)33-28(35)15-11-22-10-14-26(36-22)19-6-4-3-5-7-19/h3-18,34H,1-2H3,(H2,31,33,35,38)/b15-11+. The highest BCUT2D eigenvalue weighted by Crippen LogP contribution is 2.34. The van der Waals surface area contributed by atoms with Gasteiger partial charge in [0.15, 0.2) is 10.7 Å². The summed E-state index contributed by atoms with van der Waals surface area (Å²) in [7, 11) is 0. The average molecular weight is 524 g/mol. The quantitative estimate of drug-likeness (QED) is 0.124. The van der Waals surface area contributed by atoms with Gasteiger partial charge in [0.1, 0.15) is 22.8 Å². The maximum Gasteiger partial charge on any atom is 0.250 e. The molecule has 190 valence electrons. The summed E-state index contributed by atoms with van der Waals surface area (Å²) < 4.78 is 11.7. The number of amides is 1. The van der Waals surface area contributed by atoms with Crippen molar-refractivity contribution in [1.82, 2.24) is 10.3 Å². The summed E-state index contributed by atoms with van der Waals surface area (Å²) in [5.41, 5.74) is 4.40. The summed E-state index contributed by atoms with van der Waals surface area (Å²) in [6, 6.07) is 24.0. The summed E-state index contributed by atoms with van der Waals surface area (Å²) in [5.74, 6) is 1.49. The van der Waals surface area contributed by atoms with Crippen molar-refractivity contribution in [3.63, 3.8) is 0 Å². The first-order chi connectivity index (χ1) is 18.4. The molecule has 0 aliphatic rings. The van der Waals surface area contributed by atoms with Crippen LogP contribution in [0.2, 0.25) is 0 Å². The Bertz CT molecular complexity index is 1650. The fourth-order valence-electron chi connectivity index (χ4n) is 3.88. The van der Waals surface area contributed by atoms with Crippen LogP contribution in [-0.4, -0.2) is 21.1 Å². The van der Waals surface area contributed by atoms with Crippen molar-refractivity contribution in [2.45, 2.75) is 19.8 Å². The Morgan fingerprint density at radius 2 is 1.82 bits per heavy atom. The molecule has 8 heteroatoms. The molecular formula is C30H25N3O4S. The normalized spacial score (nSPS) is 11.3. The number of phenolic OH excluding ortho intramolecular Hbond substituents is 1. The number of carbonyl (C=O) groups excluding carboxylic acids is 1. The molecule has 0 saturated heterocycles. The molecule has 0 fully saturated rings. The maximum atomic E-state index is 12.4. The molecule has 5 aromatic rings. The van der Waals surface area contributed by atoms with Crippen LogP contribution in [0.3, 0.4) is 0 Å². The molecule has 0 saturated carbocycles. The number of aromatic nitrogens is 1. The first-order valence-corrected chi connectivity index (χ1v) is 12.5. The maximum absolute atomic E-state index is 12.4. The Labute approximate surface area is 224 Å². The minimum atomic E-state index is -0.418. The molecule has 0 atom stereocenters. The smallest absolute Gasteiger partial charge is 0.250 e. The molecule has 0 aliphatic carbocycles. The van der Waals surface area contributed by atoms with E-state index in [-0.39, 0.29) is 16.8 Å². The van der Waals surface area contributed by atoms with Crippen molar-refractivity contribution in [2.75, 3.05) is 5.32 Å². The number of benzene rings is 3. The predicted octanol–water partition coefficient (Wildman–Crippen LogP) is 7.11. The second-order valence-corrected chi connectivity index (χ2v) is 9.39. The van der Waals surface area contributed by atoms with Crippen LogP contribution in [0.1, 0.15) is 31.1 Å². The molecule has 7 nitrogen and oxygen atoms in total. The number of oxazole rings is 1. The van der Waals surface area contributed by atoms with E-state index in [1.807, 2.05) is 54.6 Å². The SMILES string of the molecule is CC(C)c1ccc2oc(-c3cc(NC(=S)NC(=O)/C=C/c4ccc(-c5ccccc5)o4)ccc3O)nc2c1. The fraction of sp³-hybridized carbons (Fsp3) is 0.100. The zero-order chi connectivity index (χ0) is 26.6. The van der Waals surface area contributed by atoms with E-state index >= 15 is 0 Å². The van der Waals surface area contributed by atoms with E-state index in [0.29, 0.717) is 39.8 Å². The Morgan fingerprint density at radius 1 is 1.00 bits per heavy atom. The summed E-state index contributed by atoms with van der Waals surface area (Å²) in [5, 5.41) is 16.1. The molecule has 0 bridgehead atoms. The number of thiocarbonyl (C=S) groups is 1. The highest BCUT2D eigenvalue weighted by atomic mass is 32.1. The third kappa shape index (κ3) is 5.66. The number of phenols is 1. The van der Waals surface area contributed by atoms with E-state index in [1.165, 1.54) is 12.1 Å². The van der Waals surface area contributed by atoms with Gasteiger partial charge in [0, 0.05) is 17.3 Å². The molecule has 2 aromatic heterocycles. The Hall–Kier alpha value is -4.69. The van der Waals surface area contributed by atoms with Crippen molar-refractivity contribution in [2.24, 2.45) is 0 Å². The minimum absolute atomic E-state index is 0.0115. The largest absolute Gasteiger partial charge is 0.507 e. The molecule has 0 aliphatic heterocycles. The van der Waals surface area contributed by atoms with Crippen LogP contribution in [-0.2, 0) is 4.79 Å². The van der Waals surface area contributed by atoms with E-state index in [1.54, 1.807) is 24.3 Å². The lowest BCUT2D eigenvalue weighted by molar-refractivity contribution is -0.115. The summed E-state index contributed by atoms with van der Waals surface area (Å²) in [6.07, 6.45) is 2.91. The van der Waals surface area contributed by atoms with Gasteiger partial charge in [-0.3, -0.25) is 10.1 Å². The van der Waals surface area contributed by atoms with Crippen molar-refractivity contribution < 1.29 is 18.7 Å². The van der Waals surface area contributed by atoms with Gasteiger partial charge in [0.2, 0.25) is 11.8 Å². The van der Waals surface area contributed by atoms with Crippen LogP contribution in [0, 0.1) is 0 Å². The number of hydrogen-bond donors (Lipinski definition) is 3. The number of rotatable bonds is 6. The molecule has 1 amide bonds. The molecule has 0 spiro atoms. The number of nitrogens with zero attached hydrogens (tertiary/aromatic N) is 1. The van der Waals surface area contributed by atoms with Crippen LogP contribution in [0.4, 0.5) is 5.69 Å². The van der Waals surface area contributed by atoms with Crippen LogP contribution >= 0.6 is 12.2 Å². The van der Waals surface area contributed by atoms with Gasteiger partial charge in [-0.2, -0.15) is 0 Å². The molecule has 38 heavy (non-hydrogen) atoms. The second kappa shape index (κ2) is 10.7. The van der Waals surface area contributed by atoms with Crippen molar-refractivity contribution in [3.05, 3.63) is 96.3 Å². The summed E-state index contributed by atoms with van der Waals surface area (Å²) in [6.45, 7) is 4.22.